The van der Waals surface area contributed by atoms with Gasteiger partial charge in [-0.15, -0.1) is 0 Å². The Bertz CT molecular complexity index is 1050. The number of anilines is 1. The van der Waals surface area contributed by atoms with E-state index in [0.717, 1.165) is 31.0 Å². The summed E-state index contributed by atoms with van der Waals surface area (Å²) in [5.74, 6) is 2.01. The molecule has 0 aliphatic heterocycles. The first-order valence-corrected chi connectivity index (χ1v) is 10.8. The van der Waals surface area contributed by atoms with E-state index in [0.29, 0.717) is 0 Å². The van der Waals surface area contributed by atoms with Crippen molar-refractivity contribution >= 4 is 5.82 Å². The van der Waals surface area contributed by atoms with Crippen molar-refractivity contribution in [3.63, 3.8) is 0 Å². The molecule has 1 spiro atoms. The third-order valence-corrected chi connectivity index (χ3v) is 6.84. The molecular formula is C26H29N3. The molecule has 29 heavy (non-hydrogen) atoms. The van der Waals surface area contributed by atoms with Crippen LogP contribution in [-0.4, -0.2) is 17.0 Å². The lowest BCUT2D eigenvalue weighted by molar-refractivity contribution is 0.410. The predicted octanol–water partition coefficient (Wildman–Crippen LogP) is 5.30. The lowest BCUT2D eigenvalue weighted by atomic mass is 9.69. The maximum Gasteiger partial charge on any atom is 0.135 e. The highest BCUT2D eigenvalue weighted by atomic mass is 15.2. The van der Waals surface area contributed by atoms with Gasteiger partial charge >= 0.3 is 0 Å². The van der Waals surface area contributed by atoms with E-state index in [1.807, 2.05) is 6.92 Å². The Labute approximate surface area is 173 Å². The zero-order valence-corrected chi connectivity index (χ0v) is 17.7. The van der Waals surface area contributed by atoms with Gasteiger partial charge in [0.15, 0.2) is 0 Å². The number of hydrogen-bond acceptors (Lipinski definition) is 3. The third kappa shape index (κ3) is 3.04. The summed E-state index contributed by atoms with van der Waals surface area (Å²) in [6.07, 6.45) is 5.82. The smallest absolute Gasteiger partial charge is 0.135 e. The minimum atomic E-state index is 0.0807. The van der Waals surface area contributed by atoms with Gasteiger partial charge in [0.2, 0.25) is 0 Å². The average Bonchev–Trinajstić information content (AvgIpc) is 3.09. The molecule has 1 atom stereocenters. The van der Waals surface area contributed by atoms with Gasteiger partial charge in [-0.2, -0.15) is 0 Å². The van der Waals surface area contributed by atoms with Crippen molar-refractivity contribution in [1.29, 1.82) is 0 Å². The van der Waals surface area contributed by atoms with E-state index in [1.165, 1.54) is 52.8 Å². The monoisotopic (exact) mass is 383 g/mol. The van der Waals surface area contributed by atoms with E-state index in [4.69, 9.17) is 9.97 Å². The van der Waals surface area contributed by atoms with Crippen LogP contribution in [-0.2, 0) is 24.8 Å². The minimum Gasteiger partial charge on any atom is -0.355 e. The van der Waals surface area contributed by atoms with E-state index >= 15 is 0 Å². The van der Waals surface area contributed by atoms with Crippen LogP contribution in [0.1, 0.15) is 58.6 Å². The minimum absolute atomic E-state index is 0.0807. The fraction of sp³-hybridized carbons (Fsp3) is 0.385. The Balaban J connectivity index is 1.58. The topological polar surface area (TPSA) is 29.0 Å². The molecule has 5 rings (SSSR count). The lowest BCUT2D eigenvalue weighted by Gasteiger charge is -2.37. The molecule has 0 saturated heterocycles. The summed E-state index contributed by atoms with van der Waals surface area (Å²) in [4.78, 5) is 12.3. The van der Waals surface area contributed by atoms with Crippen LogP contribution in [0.5, 0.6) is 0 Å². The molecule has 0 N–H and O–H groups in total. The van der Waals surface area contributed by atoms with Crippen LogP contribution in [0.15, 0.2) is 48.5 Å². The molecule has 148 valence electrons. The van der Waals surface area contributed by atoms with Gasteiger partial charge in [0.05, 0.1) is 5.69 Å². The first kappa shape index (κ1) is 18.4. The molecule has 0 radical (unpaired) electrons. The number of aromatic nitrogens is 2. The number of nitrogens with zero attached hydrogens (tertiary/aromatic N) is 3. The van der Waals surface area contributed by atoms with Gasteiger partial charge in [-0.25, -0.2) is 9.97 Å². The zero-order chi connectivity index (χ0) is 20.0. The van der Waals surface area contributed by atoms with Crippen molar-refractivity contribution in [1.82, 2.24) is 9.97 Å². The first-order chi connectivity index (χ1) is 14.1. The van der Waals surface area contributed by atoms with Gasteiger partial charge in [-0.3, -0.25) is 0 Å². The molecule has 0 fully saturated rings. The molecule has 2 aliphatic rings. The van der Waals surface area contributed by atoms with Crippen LogP contribution in [0.2, 0.25) is 0 Å². The Morgan fingerprint density at radius 2 is 1.72 bits per heavy atom. The predicted molar refractivity (Wildman–Crippen MR) is 119 cm³/mol. The van der Waals surface area contributed by atoms with Crippen LogP contribution < -0.4 is 4.90 Å². The molecule has 3 nitrogen and oxygen atoms in total. The normalized spacial score (nSPS) is 19.8. The molecular weight excluding hydrogens is 354 g/mol. The van der Waals surface area contributed by atoms with Gasteiger partial charge < -0.3 is 4.90 Å². The number of hydrogen-bond donors (Lipinski definition) is 0. The maximum atomic E-state index is 5.07. The Hall–Kier alpha value is -2.68. The highest BCUT2D eigenvalue weighted by Crippen LogP contribution is 2.51. The van der Waals surface area contributed by atoms with Crippen molar-refractivity contribution < 1.29 is 0 Å². The summed E-state index contributed by atoms with van der Waals surface area (Å²) in [5.41, 5.74) is 8.38. The van der Waals surface area contributed by atoms with Crippen LogP contribution in [0.25, 0.3) is 0 Å². The van der Waals surface area contributed by atoms with Crippen molar-refractivity contribution in [3.8, 4) is 0 Å². The van der Waals surface area contributed by atoms with Gasteiger partial charge in [0.25, 0.3) is 0 Å². The van der Waals surface area contributed by atoms with Gasteiger partial charge in [-0.05, 0) is 62.6 Å². The van der Waals surface area contributed by atoms with Crippen molar-refractivity contribution in [2.24, 2.45) is 0 Å². The third-order valence-electron chi connectivity index (χ3n) is 6.84. The first-order valence-electron chi connectivity index (χ1n) is 10.8. The second kappa shape index (κ2) is 6.98. The fourth-order valence-electron chi connectivity index (χ4n) is 5.44. The van der Waals surface area contributed by atoms with Gasteiger partial charge in [-0.1, -0.05) is 54.1 Å². The van der Waals surface area contributed by atoms with Gasteiger partial charge in [0.1, 0.15) is 11.6 Å². The molecule has 1 heterocycles. The quantitative estimate of drug-likeness (QED) is 0.615. The second-order valence-corrected chi connectivity index (χ2v) is 8.86. The van der Waals surface area contributed by atoms with E-state index in [2.05, 4.69) is 67.4 Å². The summed E-state index contributed by atoms with van der Waals surface area (Å²) < 4.78 is 0. The summed E-state index contributed by atoms with van der Waals surface area (Å²) >= 11 is 0. The molecule has 0 bridgehead atoms. The van der Waals surface area contributed by atoms with Crippen molar-refractivity contribution in [2.75, 3.05) is 11.9 Å². The lowest BCUT2D eigenvalue weighted by Crippen LogP contribution is -2.34. The standard InChI is InChI=1S/C26H29N3/c1-18-10-12-20(13-11-18)17-29(3)25-22-8-6-15-26(24(22)27-19(2)28-25)16-14-21-7-4-5-9-23(21)26/h4-5,7,9-13H,6,8,14-17H2,1-3H3. The highest BCUT2D eigenvalue weighted by Gasteiger charge is 2.45. The number of rotatable bonds is 3. The fourth-order valence-corrected chi connectivity index (χ4v) is 5.44. The zero-order valence-electron chi connectivity index (χ0n) is 17.7. The number of aryl methyl sites for hydroxylation is 3. The van der Waals surface area contributed by atoms with Crippen molar-refractivity contribution in [2.45, 2.75) is 57.9 Å². The molecule has 0 amide bonds. The molecule has 1 aromatic heterocycles. The SMILES string of the molecule is Cc1ccc(CN(C)c2nc(C)nc3c2CCCC32CCc3ccccc32)cc1. The molecule has 0 saturated carbocycles. The van der Waals surface area contributed by atoms with Crippen LogP contribution in [0.3, 0.4) is 0 Å². The maximum absolute atomic E-state index is 5.07. The van der Waals surface area contributed by atoms with E-state index in [-0.39, 0.29) is 5.41 Å². The van der Waals surface area contributed by atoms with E-state index in [1.54, 1.807) is 0 Å². The molecule has 2 aromatic carbocycles. The molecule has 3 heteroatoms. The summed E-state index contributed by atoms with van der Waals surface area (Å²) in [5, 5.41) is 0. The van der Waals surface area contributed by atoms with Crippen LogP contribution in [0, 0.1) is 13.8 Å². The summed E-state index contributed by atoms with van der Waals surface area (Å²) in [7, 11) is 2.17. The highest BCUT2D eigenvalue weighted by molar-refractivity contribution is 5.57. The van der Waals surface area contributed by atoms with Crippen LogP contribution in [0.4, 0.5) is 5.82 Å². The second-order valence-electron chi connectivity index (χ2n) is 8.86. The Morgan fingerprint density at radius 3 is 2.55 bits per heavy atom. The van der Waals surface area contributed by atoms with Crippen LogP contribution >= 0.6 is 0 Å². The summed E-state index contributed by atoms with van der Waals surface area (Å²) in [6, 6.07) is 17.8. The Morgan fingerprint density at radius 1 is 0.931 bits per heavy atom. The van der Waals surface area contributed by atoms with E-state index in [9.17, 15) is 0 Å². The van der Waals surface area contributed by atoms with E-state index < -0.39 is 0 Å². The Kier molecular flexibility index (Phi) is 4.42. The van der Waals surface area contributed by atoms with Gasteiger partial charge in [0, 0.05) is 24.6 Å². The van der Waals surface area contributed by atoms with Crippen molar-refractivity contribution in [3.05, 3.63) is 87.9 Å². The molecule has 3 aromatic rings. The largest absolute Gasteiger partial charge is 0.355 e. The molecule has 1 unspecified atom stereocenters. The number of benzene rings is 2. The number of fused-ring (bicyclic) bond motifs is 4. The summed E-state index contributed by atoms with van der Waals surface area (Å²) in [6.45, 7) is 5.05. The average molecular weight is 384 g/mol. The molecule has 2 aliphatic carbocycles.